The van der Waals surface area contributed by atoms with Crippen molar-refractivity contribution in [3.05, 3.63) is 108 Å². The number of carbonyl (C=O) groups is 1. The lowest BCUT2D eigenvalue weighted by Gasteiger charge is -2.10. The lowest BCUT2D eigenvalue weighted by molar-refractivity contribution is 0.0950. The first-order chi connectivity index (χ1) is 15.2. The van der Waals surface area contributed by atoms with Gasteiger partial charge in [-0.3, -0.25) is 4.79 Å². The van der Waals surface area contributed by atoms with Gasteiger partial charge < -0.3 is 5.32 Å². The molecule has 0 aliphatic rings. The van der Waals surface area contributed by atoms with Gasteiger partial charge in [-0.05, 0) is 24.6 Å². The summed E-state index contributed by atoms with van der Waals surface area (Å²) in [5.74, 6) is -0.590. The van der Waals surface area contributed by atoms with Crippen LogP contribution in [-0.2, 0) is 13.0 Å². The Labute approximate surface area is 181 Å². The van der Waals surface area contributed by atoms with Gasteiger partial charge in [-0.25, -0.2) is 9.07 Å². The maximum atomic E-state index is 14.0. The first-order valence-electron chi connectivity index (χ1n) is 10.4. The van der Waals surface area contributed by atoms with E-state index in [1.54, 1.807) is 18.2 Å². The molecule has 1 aromatic heterocycles. The molecule has 4 nitrogen and oxygen atoms in total. The number of halogens is 1. The fourth-order valence-electron chi connectivity index (χ4n) is 3.65. The number of para-hydroxylation sites is 1. The highest BCUT2D eigenvalue weighted by Crippen LogP contribution is 2.28. The van der Waals surface area contributed by atoms with Crippen molar-refractivity contribution >= 4 is 5.91 Å². The minimum absolute atomic E-state index is 0.113. The molecule has 1 N–H and O–H groups in total. The molecule has 0 saturated heterocycles. The van der Waals surface area contributed by atoms with Crippen LogP contribution in [0.1, 0.15) is 35.0 Å². The predicted molar refractivity (Wildman–Crippen MR) is 121 cm³/mol. The van der Waals surface area contributed by atoms with Crippen molar-refractivity contribution in [3.63, 3.8) is 0 Å². The normalized spacial score (nSPS) is 10.8. The number of carbonyl (C=O) groups excluding carboxylic acids is 1. The number of benzene rings is 3. The predicted octanol–water partition coefficient (Wildman–Crippen LogP) is 5.56. The standard InChI is InChI=1S/C26H24FN3O/c1-2-11-23-24(26(31)28-18-20-14-9-10-17-22(20)27)25(19-12-5-3-6-13-19)29-30(23)21-15-7-4-8-16-21/h3-10,12-17H,2,11,18H2,1H3,(H,28,31). The molecule has 156 valence electrons. The number of aromatic nitrogens is 2. The Morgan fingerprint density at radius 2 is 1.58 bits per heavy atom. The number of rotatable bonds is 7. The van der Waals surface area contributed by atoms with Crippen LogP contribution in [0.2, 0.25) is 0 Å². The van der Waals surface area contributed by atoms with Gasteiger partial charge in [-0.1, -0.05) is 80.1 Å². The third kappa shape index (κ3) is 4.40. The molecule has 0 bridgehead atoms. The smallest absolute Gasteiger partial charge is 0.255 e. The van der Waals surface area contributed by atoms with E-state index >= 15 is 0 Å². The number of amides is 1. The minimum Gasteiger partial charge on any atom is -0.348 e. The van der Waals surface area contributed by atoms with Crippen molar-refractivity contribution in [2.24, 2.45) is 0 Å². The summed E-state index contributed by atoms with van der Waals surface area (Å²) in [5, 5.41) is 7.74. The van der Waals surface area contributed by atoms with E-state index in [0.29, 0.717) is 23.2 Å². The van der Waals surface area contributed by atoms with Crippen LogP contribution in [0, 0.1) is 5.82 Å². The van der Waals surface area contributed by atoms with E-state index in [1.807, 2.05) is 65.3 Å². The molecule has 0 atom stereocenters. The second-order valence-corrected chi connectivity index (χ2v) is 7.31. The van der Waals surface area contributed by atoms with E-state index in [2.05, 4.69) is 12.2 Å². The van der Waals surface area contributed by atoms with Crippen LogP contribution < -0.4 is 5.32 Å². The molecule has 5 heteroatoms. The Balaban J connectivity index is 1.79. The van der Waals surface area contributed by atoms with Gasteiger partial charge in [0.15, 0.2) is 0 Å². The summed E-state index contributed by atoms with van der Waals surface area (Å²) in [5.41, 5.74) is 4.22. The summed E-state index contributed by atoms with van der Waals surface area (Å²) >= 11 is 0. The Hall–Kier alpha value is -3.73. The lowest BCUT2D eigenvalue weighted by Crippen LogP contribution is -2.25. The summed E-state index contributed by atoms with van der Waals surface area (Å²) in [6.07, 6.45) is 1.55. The SMILES string of the molecule is CCCc1c(C(=O)NCc2ccccc2F)c(-c2ccccc2)nn1-c1ccccc1. The molecule has 3 aromatic carbocycles. The highest BCUT2D eigenvalue weighted by molar-refractivity contribution is 6.01. The van der Waals surface area contributed by atoms with E-state index in [1.165, 1.54) is 6.07 Å². The van der Waals surface area contributed by atoms with Gasteiger partial charge in [0.05, 0.1) is 16.9 Å². The number of nitrogens with one attached hydrogen (secondary N) is 1. The Bertz CT molecular complexity index is 1170. The molecule has 0 spiro atoms. The van der Waals surface area contributed by atoms with Crippen molar-refractivity contribution in [1.29, 1.82) is 0 Å². The van der Waals surface area contributed by atoms with Crippen molar-refractivity contribution in [1.82, 2.24) is 15.1 Å². The van der Waals surface area contributed by atoms with Crippen LogP contribution >= 0.6 is 0 Å². The van der Waals surface area contributed by atoms with Gasteiger partial charge in [-0.2, -0.15) is 5.10 Å². The van der Waals surface area contributed by atoms with Crippen molar-refractivity contribution in [2.75, 3.05) is 0 Å². The van der Waals surface area contributed by atoms with Crippen molar-refractivity contribution < 1.29 is 9.18 Å². The van der Waals surface area contributed by atoms with Crippen LogP contribution in [0.15, 0.2) is 84.9 Å². The Kier molecular flexibility index (Phi) is 6.22. The van der Waals surface area contributed by atoms with Gasteiger partial charge in [0, 0.05) is 17.7 Å². The van der Waals surface area contributed by atoms with Gasteiger partial charge in [-0.15, -0.1) is 0 Å². The molecular weight excluding hydrogens is 389 g/mol. The largest absolute Gasteiger partial charge is 0.348 e. The number of hydrogen-bond donors (Lipinski definition) is 1. The summed E-state index contributed by atoms with van der Waals surface area (Å²) < 4.78 is 15.9. The second kappa shape index (κ2) is 9.39. The molecule has 0 saturated carbocycles. The molecule has 4 rings (SSSR count). The molecule has 0 aliphatic carbocycles. The number of hydrogen-bond acceptors (Lipinski definition) is 2. The van der Waals surface area contributed by atoms with Gasteiger partial charge >= 0.3 is 0 Å². The molecule has 0 aliphatic heterocycles. The number of nitrogens with zero attached hydrogens (tertiary/aromatic N) is 2. The Morgan fingerprint density at radius 1 is 0.935 bits per heavy atom. The van der Waals surface area contributed by atoms with E-state index in [0.717, 1.165) is 23.4 Å². The van der Waals surface area contributed by atoms with E-state index < -0.39 is 0 Å². The van der Waals surface area contributed by atoms with Crippen LogP contribution in [0.4, 0.5) is 4.39 Å². The monoisotopic (exact) mass is 413 g/mol. The third-order valence-corrected chi connectivity index (χ3v) is 5.14. The van der Waals surface area contributed by atoms with E-state index in [4.69, 9.17) is 5.10 Å². The molecule has 4 aromatic rings. The topological polar surface area (TPSA) is 46.9 Å². The molecule has 1 amide bonds. The quantitative estimate of drug-likeness (QED) is 0.431. The fourth-order valence-corrected chi connectivity index (χ4v) is 3.65. The van der Waals surface area contributed by atoms with Gasteiger partial charge in [0.2, 0.25) is 0 Å². The third-order valence-electron chi connectivity index (χ3n) is 5.14. The van der Waals surface area contributed by atoms with Gasteiger partial charge in [0.25, 0.3) is 5.91 Å². The van der Waals surface area contributed by atoms with Crippen LogP contribution in [0.5, 0.6) is 0 Å². The molecule has 0 fully saturated rings. The second-order valence-electron chi connectivity index (χ2n) is 7.31. The molecule has 0 unspecified atom stereocenters. The zero-order valence-electron chi connectivity index (χ0n) is 17.4. The van der Waals surface area contributed by atoms with E-state index in [9.17, 15) is 9.18 Å². The maximum absolute atomic E-state index is 14.0. The highest BCUT2D eigenvalue weighted by Gasteiger charge is 2.25. The first kappa shape index (κ1) is 20.5. The van der Waals surface area contributed by atoms with Crippen LogP contribution in [0.25, 0.3) is 16.9 Å². The van der Waals surface area contributed by atoms with Crippen molar-refractivity contribution in [3.8, 4) is 16.9 Å². The summed E-state index contributed by atoms with van der Waals surface area (Å²) in [6.45, 7) is 2.19. The minimum atomic E-state index is -0.333. The highest BCUT2D eigenvalue weighted by atomic mass is 19.1. The average Bonchev–Trinajstić information content (AvgIpc) is 3.19. The van der Waals surface area contributed by atoms with E-state index in [-0.39, 0.29) is 18.3 Å². The summed E-state index contributed by atoms with van der Waals surface area (Å²) in [7, 11) is 0. The lowest BCUT2D eigenvalue weighted by atomic mass is 10.0. The summed E-state index contributed by atoms with van der Waals surface area (Å²) in [4.78, 5) is 13.4. The summed E-state index contributed by atoms with van der Waals surface area (Å²) in [6, 6.07) is 25.9. The maximum Gasteiger partial charge on any atom is 0.255 e. The first-order valence-corrected chi connectivity index (χ1v) is 10.4. The Morgan fingerprint density at radius 3 is 2.26 bits per heavy atom. The molecular formula is C26H24FN3O. The van der Waals surface area contributed by atoms with Crippen LogP contribution in [0.3, 0.4) is 0 Å². The zero-order chi connectivity index (χ0) is 21.6. The van der Waals surface area contributed by atoms with Crippen LogP contribution in [-0.4, -0.2) is 15.7 Å². The molecule has 1 heterocycles. The van der Waals surface area contributed by atoms with Crippen molar-refractivity contribution in [2.45, 2.75) is 26.3 Å². The van der Waals surface area contributed by atoms with Gasteiger partial charge in [0.1, 0.15) is 11.5 Å². The average molecular weight is 413 g/mol. The molecule has 0 radical (unpaired) electrons. The zero-order valence-corrected chi connectivity index (χ0v) is 17.4. The molecule has 31 heavy (non-hydrogen) atoms. The fraction of sp³-hybridized carbons (Fsp3) is 0.154.